The smallest absolute Gasteiger partial charge is 0.219 e. The van der Waals surface area contributed by atoms with Gasteiger partial charge in [-0.2, -0.15) is 0 Å². The van der Waals surface area contributed by atoms with Crippen LogP contribution >= 0.6 is 0 Å². The Bertz CT molecular complexity index is 383. The van der Waals surface area contributed by atoms with Gasteiger partial charge in [-0.05, 0) is 31.4 Å². The van der Waals surface area contributed by atoms with E-state index in [4.69, 9.17) is 0 Å². The molecule has 0 N–H and O–H groups in total. The normalized spacial score (nSPS) is 16.6. The maximum Gasteiger partial charge on any atom is 0.219 e. The van der Waals surface area contributed by atoms with Crippen LogP contribution in [0.4, 0.5) is 0 Å². The number of hydrogen-bond donors (Lipinski definition) is 0. The van der Waals surface area contributed by atoms with Crippen LogP contribution < -0.4 is 0 Å². The number of amides is 1. The van der Waals surface area contributed by atoms with E-state index in [0.29, 0.717) is 0 Å². The van der Waals surface area contributed by atoms with Crippen molar-refractivity contribution in [3.63, 3.8) is 0 Å². The minimum Gasteiger partial charge on any atom is -0.340 e. The van der Waals surface area contributed by atoms with Crippen molar-refractivity contribution in [2.45, 2.75) is 26.2 Å². The molecule has 19 heavy (non-hydrogen) atoms. The summed E-state index contributed by atoms with van der Waals surface area (Å²) in [7, 11) is 0. The van der Waals surface area contributed by atoms with E-state index in [1.54, 1.807) is 6.92 Å². The molecule has 3 nitrogen and oxygen atoms in total. The zero-order chi connectivity index (χ0) is 13.5. The molecule has 1 saturated heterocycles. The molecule has 0 unspecified atom stereocenters. The lowest BCUT2D eigenvalue weighted by Crippen LogP contribution is -2.48. The van der Waals surface area contributed by atoms with Gasteiger partial charge in [0.25, 0.3) is 0 Å². The Hall–Kier alpha value is -1.35. The van der Waals surface area contributed by atoms with Gasteiger partial charge < -0.3 is 4.90 Å². The fourth-order valence-electron chi connectivity index (χ4n) is 2.60. The van der Waals surface area contributed by atoms with Gasteiger partial charge >= 0.3 is 0 Å². The average Bonchev–Trinajstić information content (AvgIpc) is 2.45. The van der Waals surface area contributed by atoms with Crippen LogP contribution in [0.3, 0.4) is 0 Å². The molecule has 1 heterocycles. The van der Waals surface area contributed by atoms with Crippen LogP contribution in [0.25, 0.3) is 0 Å². The van der Waals surface area contributed by atoms with E-state index in [9.17, 15) is 4.79 Å². The summed E-state index contributed by atoms with van der Waals surface area (Å²) >= 11 is 0. The monoisotopic (exact) mass is 260 g/mol. The highest BCUT2D eigenvalue weighted by Crippen LogP contribution is 2.07. The molecule has 0 aromatic heterocycles. The Balaban J connectivity index is 1.58. The summed E-state index contributed by atoms with van der Waals surface area (Å²) < 4.78 is 0. The zero-order valence-corrected chi connectivity index (χ0v) is 11.8. The number of aryl methyl sites for hydroxylation is 1. The van der Waals surface area contributed by atoms with E-state index in [1.807, 2.05) is 4.90 Å². The summed E-state index contributed by atoms with van der Waals surface area (Å²) in [6.45, 7) is 6.69. The Kier molecular flexibility index (Phi) is 5.40. The summed E-state index contributed by atoms with van der Waals surface area (Å²) in [6.07, 6.45) is 3.67. The number of hydrogen-bond acceptors (Lipinski definition) is 2. The lowest BCUT2D eigenvalue weighted by atomic mass is 10.1. The molecule has 0 saturated carbocycles. The molecule has 0 atom stereocenters. The van der Waals surface area contributed by atoms with Crippen molar-refractivity contribution >= 4 is 5.91 Å². The molecule has 0 bridgehead atoms. The van der Waals surface area contributed by atoms with Crippen LogP contribution in [0.15, 0.2) is 30.3 Å². The first-order valence-corrected chi connectivity index (χ1v) is 7.27. The number of carbonyl (C=O) groups excluding carboxylic acids is 1. The third kappa shape index (κ3) is 4.67. The van der Waals surface area contributed by atoms with Crippen LogP contribution in [0.2, 0.25) is 0 Å². The first-order valence-electron chi connectivity index (χ1n) is 7.27. The fraction of sp³-hybridized carbons (Fsp3) is 0.562. The van der Waals surface area contributed by atoms with Gasteiger partial charge in [-0.15, -0.1) is 0 Å². The molecule has 1 amide bonds. The highest BCUT2D eigenvalue weighted by Gasteiger charge is 2.17. The van der Waals surface area contributed by atoms with Crippen LogP contribution in [-0.4, -0.2) is 48.4 Å². The molecule has 0 radical (unpaired) electrons. The minimum absolute atomic E-state index is 0.212. The molecule has 2 rings (SSSR count). The minimum atomic E-state index is 0.212. The summed E-state index contributed by atoms with van der Waals surface area (Å²) in [5.74, 6) is 0.212. The second-order valence-corrected chi connectivity index (χ2v) is 5.29. The van der Waals surface area contributed by atoms with Crippen molar-refractivity contribution in [2.24, 2.45) is 0 Å². The van der Waals surface area contributed by atoms with Crippen molar-refractivity contribution in [2.75, 3.05) is 32.7 Å². The van der Waals surface area contributed by atoms with E-state index in [2.05, 4.69) is 35.2 Å². The van der Waals surface area contributed by atoms with Gasteiger partial charge in [-0.3, -0.25) is 9.69 Å². The standard InChI is InChI=1S/C16H24N2O/c1-15(19)18-13-11-17(12-14-18)10-6-5-9-16-7-3-2-4-8-16/h2-4,7-8H,5-6,9-14H2,1H3. The summed E-state index contributed by atoms with van der Waals surface area (Å²) in [5, 5.41) is 0. The maximum atomic E-state index is 11.2. The molecule has 104 valence electrons. The van der Waals surface area contributed by atoms with Crippen molar-refractivity contribution in [3.8, 4) is 0 Å². The third-order valence-corrected chi connectivity index (χ3v) is 3.85. The van der Waals surface area contributed by atoms with Crippen LogP contribution in [0, 0.1) is 0 Å². The molecular weight excluding hydrogens is 236 g/mol. The van der Waals surface area contributed by atoms with Crippen LogP contribution in [0.5, 0.6) is 0 Å². The second kappa shape index (κ2) is 7.29. The topological polar surface area (TPSA) is 23.6 Å². The summed E-state index contributed by atoms with van der Waals surface area (Å²) in [4.78, 5) is 15.7. The lowest BCUT2D eigenvalue weighted by molar-refractivity contribution is -0.130. The molecule has 1 aromatic rings. The SMILES string of the molecule is CC(=O)N1CCN(CCCCc2ccccc2)CC1. The van der Waals surface area contributed by atoms with E-state index in [0.717, 1.165) is 26.2 Å². The first kappa shape index (κ1) is 14.1. The van der Waals surface area contributed by atoms with Gasteiger partial charge in [0.2, 0.25) is 5.91 Å². The number of benzene rings is 1. The van der Waals surface area contributed by atoms with Crippen molar-refractivity contribution in [1.82, 2.24) is 9.80 Å². The number of unbranched alkanes of at least 4 members (excludes halogenated alkanes) is 1. The highest BCUT2D eigenvalue weighted by molar-refractivity contribution is 5.73. The Morgan fingerprint density at radius 1 is 1.05 bits per heavy atom. The van der Waals surface area contributed by atoms with Gasteiger partial charge in [0.1, 0.15) is 0 Å². The molecule has 0 aliphatic carbocycles. The fourth-order valence-corrected chi connectivity index (χ4v) is 2.60. The molecule has 1 aliphatic rings. The third-order valence-electron chi connectivity index (χ3n) is 3.85. The molecule has 1 aliphatic heterocycles. The predicted molar refractivity (Wildman–Crippen MR) is 78.1 cm³/mol. The predicted octanol–water partition coefficient (Wildman–Crippen LogP) is 2.17. The van der Waals surface area contributed by atoms with Crippen molar-refractivity contribution in [1.29, 1.82) is 0 Å². The Morgan fingerprint density at radius 2 is 1.74 bits per heavy atom. The van der Waals surface area contributed by atoms with Gasteiger partial charge in [-0.25, -0.2) is 0 Å². The summed E-state index contributed by atoms with van der Waals surface area (Å²) in [5.41, 5.74) is 1.43. The lowest BCUT2D eigenvalue weighted by Gasteiger charge is -2.34. The molecule has 0 spiro atoms. The van der Waals surface area contributed by atoms with E-state index < -0.39 is 0 Å². The first-order chi connectivity index (χ1) is 9.25. The Morgan fingerprint density at radius 3 is 2.37 bits per heavy atom. The second-order valence-electron chi connectivity index (χ2n) is 5.29. The van der Waals surface area contributed by atoms with Crippen molar-refractivity contribution < 1.29 is 4.79 Å². The van der Waals surface area contributed by atoms with Gasteiger partial charge in [0, 0.05) is 33.1 Å². The Labute approximate surface area is 116 Å². The highest BCUT2D eigenvalue weighted by atomic mass is 16.2. The van der Waals surface area contributed by atoms with Gasteiger partial charge in [0.05, 0.1) is 0 Å². The van der Waals surface area contributed by atoms with E-state index in [1.165, 1.54) is 31.4 Å². The van der Waals surface area contributed by atoms with Crippen molar-refractivity contribution in [3.05, 3.63) is 35.9 Å². The molecule has 3 heteroatoms. The maximum absolute atomic E-state index is 11.2. The van der Waals surface area contributed by atoms with Gasteiger partial charge in [-0.1, -0.05) is 30.3 Å². The number of rotatable bonds is 5. The van der Waals surface area contributed by atoms with Crippen LogP contribution in [0.1, 0.15) is 25.3 Å². The number of carbonyl (C=O) groups is 1. The van der Waals surface area contributed by atoms with Gasteiger partial charge in [0.15, 0.2) is 0 Å². The quantitative estimate of drug-likeness (QED) is 0.758. The zero-order valence-electron chi connectivity index (χ0n) is 11.8. The largest absolute Gasteiger partial charge is 0.340 e. The molecular formula is C16H24N2O. The number of piperazine rings is 1. The van der Waals surface area contributed by atoms with Crippen LogP contribution in [-0.2, 0) is 11.2 Å². The van der Waals surface area contributed by atoms with E-state index in [-0.39, 0.29) is 5.91 Å². The molecule has 1 fully saturated rings. The number of nitrogens with zero attached hydrogens (tertiary/aromatic N) is 2. The average molecular weight is 260 g/mol. The summed E-state index contributed by atoms with van der Waals surface area (Å²) in [6, 6.07) is 10.7. The molecule has 1 aromatic carbocycles. The van der Waals surface area contributed by atoms with E-state index >= 15 is 0 Å².